The Morgan fingerprint density at radius 1 is 1.39 bits per heavy atom. The smallest absolute Gasteiger partial charge is 0.176 e. The van der Waals surface area contributed by atoms with Crippen molar-refractivity contribution in [3.8, 4) is 5.75 Å². The molecule has 1 aliphatic rings. The van der Waals surface area contributed by atoms with Crippen molar-refractivity contribution < 1.29 is 13.9 Å². The molecule has 18 heavy (non-hydrogen) atoms. The van der Waals surface area contributed by atoms with E-state index in [9.17, 15) is 0 Å². The lowest BCUT2D eigenvalue weighted by Crippen LogP contribution is -2.23. The zero-order valence-corrected chi connectivity index (χ0v) is 10.4. The molecule has 1 N–H and O–H groups in total. The SMILES string of the molecule is COc1cccc2c(C3COCCCN3)coc12. The van der Waals surface area contributed by atoms with Crippen molar-refractivity contribution in [3.63, 3.8) is 0 Å². The van der Waals surface area contributed by atoms with Gasteiger partial charge < -0.3 is 19.2 Å². The Balaban J connectivity index is 2.01. The predicted molar refractivity (Wildman–Crippen MR) is 68.9 cm³/mol. The molecule has 96 valence electrons. The van der Waals surface area contributed by atoms with Crippen LogP contribution in [0.25, 0.3) is 11.0 Å². The fraction of sp³-hybridized carbons (Fsp3) is 0.429. The summed E-state index contributed by atoms with van der Waals surface area (Å²) < 4.78 is 16.6. The molecule has 2 heterocycles. The molecule has 1 aromatic heterocycles. The van der Waals surface area contributed by atoms with Gasteiger partial charge in [0.05, 0.1) is 26.0 Å². The van der Waals surface area contributed by atoms with Crippen LogP contribution in [0.3, 0.4) is 0 Å². The van der Waals surface area contributed by atoms with Crippen LogP contribution in [0.2, 0.25) is 0 Å². The highest BCUT2D eigenvalue weighted by molar-refractivity contribution is 5.86. The molecule has 1 aromatic carbocycles. The van der Waals surface area contributed by atoms with Crippen LogP contribution in [0.5, 0.6) is 5.75 Å². The van der Waals surface area contributed by atoms with Gasteiger partial charge in [0.25, 0.3) is 0 Å². The minimum Gasteiger partial charge on any atom is -0.493 e. The maximum Gasteiger partial charge on any atom is 0.176 e. The fourth-order valence-electron chi connectivity index (χ4n) is 2.39. The van der Waals surface area contributed by atoms with Gasteiger partial charge in [-0.3, -0.25) is 0 Å². The molecule has 1 unspecified atom stereocenters. The summed E-state index contributed by atoms with van der Waals surface area (Å²) in [6.45, 7) is 2.48. The van der Waals surface area contributed by atoms with Crippen molar-refractivity contribution in [3.05, 3.63) is 30.0 Å². The number of ether oxygens (including phenoxy) is 2. The molecule has 0 saturated carbocycles. The van der Waals surface area contributed by atoms with Gasteiger partial charge in [-0.25, -0.2) is 0 Å². The first-order chi connectivity index (χ1) is 8.90. The zero-order valence-electron chi connectivity index (χ0n) is 10.4. The first-order valence-corrected chi connectivity index (χ1v) is 6.25. The molecular formula is C14H17NO3. The third kappa shape index (κ3) is 1.98. The molecule has 4 nitrogen and oxygen atoms in total. The maximum atomic E-state index is 5.64. The van der Waals surface area contributed by atoms with Crippen LogP contribution in [0.4, 0.5) is 0 Å². The Morgan fingerprint density at radius 3 is 3.22 bits per heavy atom. The van der Waals surface area contributed by atoms with Crippen molar-refractivity contribution in [1.82, 2.24) is 5.32 Å². The van der Waals surface area contributed by atoms with E-state index in [1.165, 1.54) is 0 Å². The first kappa shape index (κ1) is 11.6. The summed E-state index contributed by atoms with van der Waals surface area (Å²) in [4.78, 5) is 0. The number of benzene rings is 1. The Bertz CT molecular complexity index is 527. The normalized spacial score (nSPS) is 20.8. The van der Waals surface area contributed by atoms with Crippen LogP contribution in [-0.2, 0) is 4.74 Å². The van der Waals surface area contributed by atoms with Gasteiger partial charge in [0.15, 0.2) is 11.3 Å². The number of hydrogen-bond donors (Lipinski definition) is 1. The van der Waals surface area contributed by atoms with Gasteiger partial charge in [0, 0.05) is 17.6 Å². The van der Waals surface area contributed by atoms with E-state index >= 15 is 0 Å². The summed E-state index contributed by atoms with van der Waals surface area (Å²) in [6.07, 6.45) is 2.86. The number of hydrogen-bond acceptors (Lipinski definition) is 4. The zero-order chi connectivity index (χ0) is 12.4. The van der Waals surface area contributed by atoms with E-state index < -0.39 is 0 Å². The fourth-order valence-corrected chi connectivity index (χ4v) is 2.39. The Hall–Kier alpha value is -1.52. The summed E-state index contributed by atoms with van der Waals surface area (Å²) in [5.74, 6) is 0.772. The molecule has 3 rings (SSSR count). The van der Waals surface area contributed by atoms with Gasteiger partial charge >= 0.3 is 0 Å². The molecular weight excluding hydrogens is 230 g/mol. The minimum absolute atomic E-state index is 0.195. The molecule has 0 radical (unpaired) electrons. The van der Waals surface area contributed by atoms with Crippen molar-refractivity contribution in [2.75, 3.05) is 26.9 Å². The quantitative estimate of drug-likeness (QED) is 0.885. The lowest BCUT2D eigenvalue weighted by atomic mass is 10.1. The van der Waals surface area contributed by atoms with Gasteiger partial charge in [-0.1, -0.05) is 12.1 Å². The first-order valence-electron chi connectivity index (χ1n) is 6.25. The summed E-state index contributed by atoms with van der Waals surface area (Å²) in [7, 11) is 1.66. The van der Waals surface area contributed by atoms with E-state index in [1.807, 2.05) is 12.1 Å². The van der Waals surface area contributed by atoms with Gasteiger partial charge in [0.1, 0.15) is 0 Å². The average Bonchev–Trinajstić information content (AvgIpc) is 2.66. The summed E-state index contributed by atoms with van der Waals surface area (Å²) in [6, 6.07) is 6.15. The second-order valence-corrected chi connectivity index (χ2v) is 4.46. The molecule has 0 spiro atoms. The van der Waals surface area contributed by atoms with Crippen LogP contribution >= 0.6 is 0 Å². The van der Waals surface area contributed by atoms with Crippen molar-refractivity contribution in [2.45, 2.75) is 12.5 Å². The summed E-state index contributed by atoms with van der Waals surface area (Å²) >= 11 is 0. The average molecular weight is 247 g/mol. The predicted octanol–water partition coefficient (Wildman–Crippen LogP) is 2.49. The number of para-hydroxylation sites is 1. The van der Waals surface area contributed by atoms with E-state index in [2.05, 4.69) is 11.4 Å². The molecule has 0 amide bonds. The molecule has 1 aliphatic heterocycles. The molecule has 2 aromatic rings. The molecule has 4 heteroatoms. The van der Waals surface area contributed by atoms with Crippen LogP contribution < -0.4 is 10.1 Å². The van der Waals surface area contributed by atoms with Crippen molar-refractivity contribution in [2.24, 2.45) is 0 Å². The van der Waals surface area contributed by atoms with Crippen LogP contribution in [0.1, 0.15) is 18.0 Å². The topological polar surface area (TPSA) is 43.6 Å². The van der Waals surface area contributed by atoms with Gasteiger partial charge in [-0.05, 0) is 19.0 Å². The Morgan fingerprint density at radius 2 is 2.33 bits per heavy atom. The second kappa shape index (κ2) is 5.00. The number of fused-ring (bicyclic) bond motifs is 1. The highest BCUT2D eigenvalue weighted by atomic mass is 16.5. The standard InChI is InChI=1S/C14H17NO3/c1-16-13-5-2-4-10-11(8-18-14(10)13)12-9-17-7-3-6-15-12/h2,4-5,8,12,15H,3,6-7,9H2,1H3. The molecule has 1 fully saturated rings. The number of rotatable bonds is 2. The third-order valence-corrected chi connectivity index (χ3v) is 3.33. The molecule has 0 bridgehead atoms. The summed E-state index contributed by atoms with van der Waals surface area (Å²) in [5.41, 5.74) is 1.95. The van der Waals surface area contributed by atoms with Crippen LogP contribution in [0.15, 0.2) is 28.9 Å². The van der Waals surface area contributed by atoms with Gasteiger partial charge in [0.2, 0.25) is 0 Å². The monoisotopic (exact) mass is 247 g/mol. The van der Waals surface area contributed by atoms with Crippen molar-refractivity contribution >= 4 is 11.0 Å². The summed E-state index contributed by atoms with van der Waals surface area (Å²) in [5, 5.41) is 4.58. The van der Waals surface area contributed by atoms with E-state index in [1.54, 1.807) is 13.4 Å². The van der Waals surface area contributed by atoms with E-state index in [0.29, 0.717) is 6.61 Å². The number of methoxy groups -OCH3 is 1. The van der Waals surface area contributed by atoms with Gasteiger partial charge in [-0.2, -0.15) is 0 Å². The van der Waals surface area contributed by atoms with E-state index in [4.69, 9.17) is 13.9 Å². The van der Waals surface area contributed by atoms with Crippen molar-refractivity contribution in [1.29, 1.82) is 0 Å². The molecule has 0 aliphatic carbocycles. The maximum absolute atomic E-state index is 5.64. The second-order valence-electron chi connectivity index (χ2n) is 4.46. The number of nitrogens with one attached hydrogen (secondary N) is 1. The highest BCUT2D eigenvalue weighted by Crippen LogP contribution is 2.33. The Labute approximate surface area is 106 Å². The highest BCUT2D eigenvalue weighted by Gasteiger charge is 2.20. The third-order valence-electron chi connectivity index (χ3n) is 3.33. The lowest BCUT2D eigenvalue weighted by Gasteiger charge is -2.13. The van der Waals surface area contributed by atoms with Gasteiger partial charge in [-0.15, -0.1) is 0 Å². The van der Waals surface area contributed by atoms with Crippen LogP contribution in [0, 0.1) is 0 Å². The van der Waals surface area contributed by atoms with E-state index in [-0.39, 0.29) is 6.04 Å². The molecule has 1 atom stereocenters. The molecule has 1 saturated heterocycles. The number of furan rings is 1. The largest absolute Gasteiger partial charge is 0.493 e. The van der Waals surface area contributed by atoms with Crippen LogP contribution in [-0.4, -0.2) is 26.9 Å². The lowest BCUT2D eigenvalue weighted by molar-refractivity contribution is 0.131. The minimum atomic E-state index is 0.195. The van der Waals surface area contributed by atoms with E-state index in [0.717, 1.165) is 41.9 Å². The Kier molecular flexibility index (Phi) is 3.21.